The zero-order chi connectivity index (χ0) is 14.5. The number of benzene rings is 1. The van der Waals surface area contributed by atoms with Crippen LogP contribution in [0.5, 0.6) is 5.75 Å². The number of ether oxygens (including phenoxy) is 1. The van der Waals surface area contributed by atoms with Crippen LogP contribution in [-0.4, -0.2) is 6.04 Å². The second kappa shape index (κ2) is 6.57. The first-order chi connectivity index (χ1) is 9.56. The fraction of sp³-hybridized carbons (Fsp3) is 0.375. The minimum atomic E-state index is -0.261. The van der Waals surface area contributed by atoms with Crippen LogP contribution in [-0.2, 0) is 13.2 Å². The Hall–Kier alpha value is -1.81. The number of hydrogen-bond donors (Lipinski definition) is 1. The van der Waals surface area contributed by atoms with Gasteiger partial charge in [-0.05, 0) is 24.6 Å². The van der Waals surface area contributed by atoms with Gasteiger partial charge in [0, 0.05) is 24.2 Å². The molecule has 0 spiro atoms. The van der Waals surface area contributed by atoms with Crippen LogP contribution in [0, 0.1) is 12.7 Å². The van der Waals surface area contributed by atoms with Crippen LogP contribution < -0.4 is 10.1 Å². The van der Waals surface area contributed by atoms with E-state index in [1.54, 1.807) is 25.3 Å². The molecule has 0 saturated heterocycles. The summed E-state index contributed by atoms with van der Waals surface area (Å²) in [6.07, 6.45) is 1.64. The number of halogens is 1. The van der Waals surface area contributed by atoms with Crippen LogP contribution in [0.15, 0.2) is 34.9 Å². The van der Waals surface area contributed by atoms with Crippen molar-refractivity contribution in [1.82, 2.24) is 5.32 Å². The van der Waals surface area contributed by atoms with Gasteiger partial charge in [0.1, 0.15) is 23.9 Å². The SMILES string of the molecule is Cc1ccc(OCc2occc2CNC(C)C)cc1F. The van der Waals surface area contributed by atoms with Gasteiger partial charge in [-0.3, -0.25) is 0 Å². The summed E-state index contributed by atoms with van der Waals surface area (Å²) in [6, 6.07) is 7.18. The van der Waals surface area contributed by atoms with Gasteiger partial charge in [0.05, 0.1) is 6.26 Å². The third-order valence-corrected chi connectivity index (χ3v) is 3.05. The Balaban J connectivity index is 1.96. The number of nitrogens with one attached hydrogen (secondary N) is 1. The number of furan rings is 1. The molecule has 0 aliphatic heterocycles. The maximum Gasteiger partial charge on any atom is 0.146 e. The molecule has 20 heavy (non-hydrogen) atoms. The molecule has 108 valence electrons. The Bertz CT molecular complexity index is 563. The van der Waals surface area contributed by atoms with E-state index in [2.05, 4.69) is 19.2 Å². The molecule has 1 N–H and O–H groups in total. The standard InChI is InChI=1S/C16H20FNO2/c1-11(2)18-9-13-6-7-19-16(13)10-20-14-5-4-12(3)15(17)8-14/h4-8,11,18H,9-10H2,1-3H3. The van der Waals surface area contributed by atoms with E-state index in [9.17, 15) is 4.39 Å². The molecule has 3 nitrogen and oxygen atoms in total. The van der Waals surface area contributed by atoms with E-state index in [0.29, 0.717) is 24.0 Å². The van der Waals surface area contributed by atoms with Crippen molar-refractivity contribution in [2.24, 2.45) is 0 Å². The normalized spacial score (nSPS) is 11.1. The molecule has 0 bridgehead atoms. The molecular formula is C16H20FNO2. The molecular weight excluding hydrogens is 257 g/mol. The van der Waals surface area contributed by atoms with Gasteiger partial charge >= 0.3 is 0 Å². The molecule has 0 saturated carbocycles. The topological polar surface area (TPSA) is 34.4 Å². The van der Waals surface area contributed by atoms with E-state index >= 15 is 0 Å². The largest absolute Gasteiger partial charge is 0.486 e. The predicted octanol–water partition coefficient (Wildman–Crippen LogP) is 3.80. The third-order valence-electron chi connectivity index (χ3n) is 3.05. The Kier molecular flexibility index (Phi) is 4.79. The zero-order valence-electron chi connectivity index (χ0n) is 12.1. The maximum absolute atomic E-state index is 13.4. The van der Waals surface area contributed by atoms with Crippen LogP contribution in [0.3, 0.4) is 0 Å². The first-order valence-electron chi connectivity index (χ1n) is 6.74. The maximum atomic E-state index is 13.4. The van der Waals surface area contributed by atoms with Crippen molar-refractivity contribution in [3.63, 3.8) is 0 Å². The molecule has 4 heteroatoms. The molecule has 0 atom stereocenters. The van der Waals surface area contributed by atoms with Gasteiger partial charge in [-0.15, -0.1) is 0 Å². The number of rotatable bonds is 6. The van der Waals surface area contributed by atoms with E-state index in [4.69, 9.17) is 9.15 Å². The molecule has 0 fully saturated rings. The Morgan fingerprint density at radius 1 is 1.30 bits per heavy atom. The molecule has 0 unspecified atom stereocenters. The van der Waals surface area contributed by atoms with E-state index in [1.165, 1.54) is 6.07 Å². The minimum absolute atomic E-state index is 0.261. The monoisotopic (exact) mass is 277 g/mol. The van der Waals surface area contributed by atoms with E-state index < -0.39 is 0 Å². The summed E-state index contributed by atoms with van der Waals surface area (Å²) in [6.45, 7) is 6.93. The van der Waals surface area contributed by atoms with Crippen LogP contribution in [0.25, 0.3) is 0 Å². The van der Waals surface area contributed by atoms with Crippen molar-refractivity contribution in [2.75, 3.05) is 0 Å². The molecule has 2 aromatic rings. The lowest BCUT2D eigenvalue weighted by Crippen LogP contribution is -2.22. The lowest BCUT2D eigenvalue weighted by molar-refractivity contribution is 0.266. The summed E-state index contributed by atoms with van der Waals surface area (Å²) in [7, 11) is 0. The van der Waals surface area contributed by atoms with Gasteiger partial charge in [-0.1, -0.05) is 19.9 Å². The number of aryl methyl sites for hydroxylation is 1. The molecule has 0 amide bonds. The Morgan fingerprint density at radius 2 is 2.10 bits per heavy atom. The minimum Gasteiger partial charge on any atom is -0.486 e. The highest BCUT2D eigenvalue weighted by Crippen LogP contribution is 2.19. The molecule has 1 heterocycles. The van der Waals surface area contributed by atoms with Crippen molar-refractivity contribution < 1.29 is 13.5 Å². The van der Waals surface area contributed by atoms with E-state index in [1.807, 2.05) is 6.07 Å². The fourth-order valence-electron chi connectivity index (χ4n) is 1.78. The van der Waals surface area contributed by atoms with Gasteiger partial charge in [0.2, 0.25) is 0 Å². The molecule has 0 aliphatic rings. The summed E-state index contributed by atoms with van der Waals surface area (Å²) in [5, 5.41) is 3.33. The first kappa shape index (κ1) is 14.6. The quantitative estimate of drug-likeness (QED) is 0.872. The summed E-state index contributed by atoms with van der Waals surface area (Å²) >= 11 is 0. The smallest absolute Gasteiger partial charge is 0.146 e. The Morgan fingerprint density at radius 3 is 2.80 bits per heavy atom. The highest BCUT2D eigenvalue weighted by atomic mass is 19.1. The molecule has 0 aliphatic carbocycles. The molecule has 1 aromatic heterocycles. The average molecular weight is 277 g/mol. The van der Waals surface area contributed by atoms with Crippen molar-refractivity contribution in [3.05, 3.63) is 53.2 Å². The first-order valence-corrected chi connectivity index (χ1v) is 6.74. The van der Waals surface area contributed by atoms with Crippen LogP contribution in [0.1, 0.15) is 30.7 Å². The number of hydrogen-bond acceptors (Lipinski definition) is 3. The lowest BCUT2D eigenvalue weighted by atomic mass is 10.2. The van der Waals surface area contributed by atoms with Crippen molar-refractivity contribution in [2.45, 2.75) is 40.0 Å². The van der Waals surface area contributed by atoms with Crippen molar-refractivity contribution in [3.8, 4) is 5.75 Å². The molecule has 0 radical (unpaired) electrons. The van der Waals surface area contributed by atoms with Gasteiger partial charge in [0.15, 0.2) is 0 Å². The van der Waals surface area contributed by atoms with Gasteiger partial charge < -0.3 is 14.5 Å². The zero-order valence-corrected chi connectivity index (χ0v) is 12.1. The summed E-state index contributed by atoms with van der Waals surface area (Å²) in [4.78, 5) is 0. The van der Waals surface area contributed by atoms with E-state index in [0.717, 1.165) is 17.9 Å². The van der Waals surface area contributed by atoms with Gasteiger partial charge in [-0.2, -0.15) is 0 Å². The van der Waals surface area contributed by atoms with Crippen molar-refractivity contribution >= 4 is 0 Å². The lowest BCUT2D eigenvalue weighted by Gasteiger charge is -2.09. The fourth-order valence-corrected chi connectivity index (χ4v) is 1.78. The van der Waals surface area contributed by atoms with Gasteiger partial charge in [-0.25, -0.2) is 4.39 Å². The Labute approximate surface area is 118 Å². The second-order valence-electron chi connectivity index (χ2n) is 5.10. The predicted molar refractivity (Wildman–Crippen MR) is 76.2 cm³/mol. The van der Waals surface area contributed by atoms with Gasteiger partial charge in [0.25, 0.3) is 0 Å². The molecule has 2 rings (SSSR count). The average Bonchev–Trinajstić information content (AvgIpc) is 2.85. The third kappa shape index (κ3) is 3.84. The van der Waals surface area contributed by atoms with Crippen LogP contribution in [0.4, 0.5) is 4.39 Å². The summed E-state index contributed by atoms with van der Waals surface area (Å²) in [5.74, 6) is 1.01. The summed E-state index contributed by atoms with van der Waals surface area (Å²) in [5.41, 5.74) is 1.67. The summed E-state index contributed by atoms with van der Waals surface area (Å²) < 4.78 is 24.4. The highest BCUT2D eigenvalue weighted by Gasteiger charge is 2.08. The van der Waals surface area contributed by atoms with E-state index in [-0.39, 0.29) is 5.82 Å². The van der Waals surface area contributed by atoms with Crippen LogP contribution >= 0.6 is 0 Å². The van der Waals surface area contributed by atoms with Crippen LogP contribution in [0.2, 0.25) is 0 Å². The van der Waals surface area contributed by atoms with Crippen molar-refractivity contribution in [1.29, 1.82) is 0 Å². The second-order valence-corrected chi connectivity index (χ2v) is 5.10. The highest BCUT2D eigenvalue weighted by molar-refractivity contribution is 5.28. The molecule has 1 aromatic carbocycles.